The van der Waals surface area contributed by atoms with Gasteiger partial charge in [-0.1, -0.05) is 19.4 Å². The number of hydrogen-bond donors (Lipinski definition) is 1. The number of anilines is 2. The number of fused-ring (bicyclic) bond motifs is 1. The van der Waals surface area contributed by atoms with Crippen molar-refractivity contribution in [3.63, 3.8) is 0 Å². The van der Waals surface area contributed by atoms with Crippen LogP contribution < -0.4 is 15.4 Å². The molecule has 4 rings (SSSR count). The molecule has 1 fully saturated rings. The summed E-state index contributed by atoms with van der Waals surface area (Å²) in [6.07, 6.45) is 8.85. The van der Waals surface area contributed by atoms with Crippen molar-refractivity contribution >= 4 is 17.3 Å². The van der Waals surface area contributed by atoms with E-state index in [1.54, 1.807) is 10.7 Å². The maximum atomic E-state index is 6.14. The molecule has 184 valence electrons. The third-order valence-electron chi connectivity index (χ3n) is 6.47. The molecule has 9 heteroatoms. The first kappa shape index (κ1) is 24.2. The van der Waals surface area contributed by atoms with Crippen molar-refractivity contribution in [3.05, 3.63) is 35.3 Å². The van der Waals surface area contributed by atoms with Gasteiger partial charge in [0.2, 0.25) is 0 Å². The van der Waals surface area contributed by atoms with Crippen molar-refractivity contribution in [2.24, 2.45) is 5.92 Å². The molecule has 0 aliphatic carbocycles. The van der Waals surface area contributed by atoms with Gasteiger partial charge in [-0.15, -0.1) is 5.10 Å². The summed E-state index contributed by atoms with van der Waals surface area (Å²) in [6.45, 7) is 9.58. The summed E-state index contributed by atoms with van der Waals surface area (Å²) in [6, 6.07) is 2.51. The van der Waals surface area contributed by atoms with Crippen molar-refractivity contribution in [2.75, 3.05) is 44.4 Å². The summed E-state index contributed by atoms with van der Waals surface area (Å²) in [4.78, 5) is 18.3. The van der Waals surface area contributed by atoms with Gasteiger partial charge in [0, 0.05) is 32.3 Å². The second-order valence-electron chi connectivity index (χ2n) is 9.84. The fraction of sp³-hybridized carbons (Fsp3) is 0.600. The lowest BCUT2D eigenvalue weighted by Gasteiger charge is -2.34. The fourth-order valence-electron chi connectivity index (χ4n) is 4.85. The summed E-state index contributed by atoms with van der Waals surface area (Å²) in [7, 11) is 4.31. The zero-order valence-electron chi connectivity index (χ0n) is 21.2. The molecule has 1 unspecified atom stereocenters. The van der Waals surface area contributed by atoms with E-state index in [2.05, 4.69) is 58.9 Å². The first-order chi connectivity index (χ1) is 16.3. The Balaban J connectivity index is 1.48. The Labute approximate surface area is 202 Å². The maximum Gasteiger partial charge on any atom is 0.336 e. The molecule has 9 nitrogen and oxygen atoms in total. The van der Waals surface area contributed by atoms with Gasteiger partial charge in [0.05, 0.1) is 18.0 Å². The molecule has 1 atom stereocenters. The number of nitrogens with zero attached hydrogens (tertiary/aromatic N) is 7. The number of aryl methyl sites for hydroxylation is 1. The molecule has 1 saturated heterocycles. The quantitative estimate of drug-likeness (QED) is 0.513. The predicted octanol–water partition coefficient (Wildman–Crippen LogP) is 3.35. The SMILES string of the molecule is CCCC(C)Oc1nc(N)c2ncc(Cc3cnc(N4CCC(CN(C)C)CC4)c(C)c3)n2n1. The third kappa shape index (κ3) is 5.58. The van der Waals surface area contributed by atoms with Crippen molar-refractivity contribution in [2.45, 2.75) is 59.0 Å². The van der Waals surface area contributed by atoms with Gasteiger partial charge in [-0.2, -0.15) is 4.98 Å². The number of nitrogens with two attached hydrogens (primary N) is 1. The average molecular weight is 467 g/mol. The molecule has 4 heterocycles. The lowest BCUT2D eigenvalue weighted by molar-refractivity contribution is 0.189. The van der Waals surface area contributed by atoms with Crippen LogP contribution in [0.1, 0.15) is 56.4 Å². The number of piperidine rings is 1. The zero-order valence-corrected chi connectivity index (χ0v) is 21.2. The summed E-state index contributed by atoms with van der Waals surface area (Å²) >= 11 is 0. The molecule has 0 amide bonds. The number of nitrogen functional groups attached to an aromatic ring is 1. The largest absolute Gasteiger partial charge is 0.459 e. The van der Waals surface area contributed by atoms with E-state index in [0.29, 0.717) is 17.9 Å². The van der Waals surface area contributed by atoms with Crippen molar-refractivity contribution in [3.8, 4) is 6.01 Å². The molecule has 0 aromatic carbocycles. The van der Waals surface area contributed by atoms with Crippen LogP contribution >= 0.6 is 0 Å². The monoisotopic (exact) mass is 466 g/mol. The average Bonchev–Trinajstić information content (AvgIpc) is 3.17. The van der Waals surface area contributed by atoms with Crippen LogP contribution in [-0.4, -0.2) is 69.3 Å². The first-order valence-electron chi connectivity index (χ1n) is 12.4. The minimum Gasteiger partial charge on any atom is -0.459 e. The van der Waals surface area contributed by atoms with E-state index < -0.39 is 0 Å². The van der Waals surface area contributed by atoms with Crippen molar-refractivity contribution in [1.82, 2.24) is 29.5 Å². The molecule has 0 spiro atoms. The molecular formula is C25H38N8O. The van der Waals surface area contributed by atoms with E-state index in [9.17, 15) is 0 Å². The van der Waals surface area contributed by atoms with Gasteiger partial charge in [0.15, 0.2) is 11.5 Å². The molecule has 34 heavy (non-hydrogen) atoms. The third-order valence-corrected chi connectivity index (χ3v) is 6.47. The number of pyridine rings is 1. The maximum absolute atomic E-state index is 6.14. The Morgan fingerprint density at radius 1 is 1.21 bits per heavy atom. The molecule has 3 aromatic heterocycles. The van der Waals surface area contributed by atoms with Crippen molar-refractivity contribution in [1.29, 1.82) is 0 Å². The van der Waals surface area contributed by atoms with Gasteiger partial charge in [-0.3, -0.25) is 0 Å². The highest BCUT2D eigenvalue weighted by atomic mass is 16.5. The fourth-order valence-corrected chi connectivity index (χ4v) is 4.85. The number of ether oxygens (including phenoxy) is 1. The van der Waals surface area contributed by atoms with Crippen LogP contribution in [0.25, 0.3) is 5.65 Å². The van der Waals surface area contributed by atoms with Crippen LogP contribution in [0.3, 0.4) is 0 Å². The highest BCUT2D eigenvalue weighted by Gasteiger charge is 2.22. The van der Waals surface area contributed by atoms with E-state index in [1.807, 2.05) is 13.1 Å². The molecule has 1 aliphatic rings. The Bertz CT molecular complexity index is 1100. The lowest BCUT2D eigenvalue weighted by atomic mass is 9.96. The molecule has 2 N–H and O–H groups in total. The van der Waals surface area contributed by atoms with E-state index in [4.69, 9.17) is 15.5 Å². The van der Waals surface area contributed by atoms with Crippen LogP contribution in [0.5, 0.6) is 6.01 Å². The van der Waals surface area contributed by atoms with Crippen LogP contribution in [-0.2, 0) is 6.42 Å². The van der Waals surface area contributed by atoms with Crippen molar-refractivity contribution < 1.29 is 4.74 Å². The summed E-state index contributed by atoms with van der Waals surface area (Å²) in [5.41, 5.74) is 9.93. The van der Waals surface area contributed by atoms with Gasteiger partial charge in [-0.25, -0.2) is 14.5 Å². The topological polar surface area (TPSA) is 97.7 Å². The molecule has 0 radical (unpaired) electrons. The number of aromatic nitrogens is 5. The Morgan fingerprint density at radius 2 is 1.97 bits per heavy atom. The van der Waals surface area contributed by atoms with Gasteiger partial charge < -0.3 is 20.3 Å². The number of rotatable bonds is 9. The van der Waals surface area contributed by atoms with Crippen LogP contribution in [0.4, 0.5) is 11.6 Å². The molecule has 3 aromatic rings. The lowest BCUT2D eigenvalue weighted by Crippen LogP contribution is -2.37. The molecule has 1 aliphatic heterocycles. The Kier molecular flexibility index (Phi) is 7.50. The second-order valence-corrected chi connectivity index (χ2v) is 9.84. The van der Waals surface area contributed by atoms with E-state index >= 15 is 0 Å². The van der Waals surface area contributed by atoms with Crippen LogP contribution in [0.2, 0.25) is 0 Å². The van der Waals surface area contributed by atoms with Gasteiger partial charge in [0.1, 0.15) is 5.82 Å². The summed E-state index contributed by atoms with van der Waals surface area (Å²) < 4.78 is 7.62. The first-order valence-corrected chi connectivity index (χ1v) is 12.4. The molecule has 0 saturated carbocycles. The normalized spacial score (nSPS) is 15.9. The van der Waals surface area contributed by atoms with Gasteiger partial charge in [0.25, 0.3) is 0 Å². The highest BCUT2D eigenvalue weighted by Crippen LogP contribution is 2.26. The van der Waals surface area contributed by atoms with E-state index in [1.165, 1.54) is 18.4 Å². The Hall–Kier alpha value is -2.94. The standard InChI is InChI=1S/C25H38N8O/c1-6-7-18(3)34-25-29-22(26)24-28-15-21(33(24)30-25)13-20-12-17(2)23(27-14-20)32-10-8-19(9-11-32)16-31(4)5/h12,14-15,18-19H,6-11,13,16H2,1-5H3,(H2,26,29,30). The van der Waals surface area contributed by atoms with Crippen LogP contribution in [0.15, 0.2) is 18.5 Å². The minimum atomic E-state index is 0.0289. The molecule has 0 bridgehead atoms. The zero-order chi connectivity index (χ0) is 24.2. The highest BCUT2D eigenvalue weighted by molar-refractivity contribution is 5.60. The minimum absolute atomic E-state index is 0.0289. The Morgan fingerprint density at radius 3 is 2.65 bits per heavy atom. The number of imidazole rings is 1. The number of hydrogen-bond acceptors (Lipinski definition) is 8. The van der Waals surface area contributed by atoms with E-state index in [0.717, 1.165) is 55.5 Å². The van der Waals surface area contributed by atoms with Crippen LogP contribution in [0, 0.1) is 12.8 Å². The van der Waals surface area contributed by atoms with Gasteiger partial charge >= 0.3 is 6.01 Å². The molecular weight excluding hydrogens is 428 g/mol. The second kappa shape index (κ2) is 10.5. The predicted molar refractivity (Wildman–Crippen MR) is 135 cm³/mol. The smallest absolute Gasteiger partial charge is 0.336 e. The summed E-state index contributed by atoms with van der Waals surface area (Å²) in [5.74, 6) is 2.19. The van der Waals surface area contributed by atoms with Gasteiger partial charge in [-0.05, 0) is 64.3 Å². The van der Waals surface area contributed by atoms with E-state index in [-0.39, 0.29) is 12.1 Å². The summed E-state index contributed by atoms with van der Waals surface area (Å²) in [5, 5.41) is 4.56.